The zero-order chi connectivity index (χ0) is 20.8. The van der Waals surface area contributed by atoms with Crippen molar-refractivity contribution in [2.24, 2.45) is 5.10 Å². The second-order valence-corrected chi connectivity index (χ2v) is 6.43. The van der Waals surface area contributed by atoms with Gasteiger partial charge in [0.2, 0.25) is 0 Å². The minimum atomic E-state index is -0.439. The van der Waals surface area contributed by atoms with Crippen molar-refractivity contribution in [3.8, 4) is 5.75 Å². The molecule has 0 radical (unpaired) electrons. The Morgan fingerprint density at radius 2 is 1.83 bits per heavy atom. The smallest absolute Gasteiger partial charge is 0.291 e. The van der Waals surface area contributed by atoms with E-state index >= 15 is 0 Å². The number of amides is 2. The number of carbonyl (C=O) groups is 2. The Kier molecular flexibility index (Phi) is 6.31. The molecule has 8 heteroatoms. The standard InChI is InChI=1S/C21H18ClN3O4/c1-13(24-25-20(26)17-12-15(22)7-10-18(17)28-2)14-5-8-16(9-6-14)23-21(27)19-4-3-11-29-19/h3-12H,1-2H3,(H,23,27)(H,25,26)/b24-13+. The van der Waals surface area contributed by atoms with E-state index in [0.29, 0.717) is 22.2 Å². The summed E-state index contributed by atoms with van der Waals surface area (Å²) in [6, 6.07) is 15.0. The van der Waals surface area contributed by atoms with E-state index in [-0.39, 0.29) is 17.2 Å². The lowest BCUT2D eigenvalue weighted by atomic mass is 10.1. The van der Waals surface area contributed by atoms with Crippen LogP contribution >= 0.6 is 11.6 Å². The lowest BCUT2D eigenvalue weighted by molar-refractivity contribution is 0.0950. The minimum absolute atomic E-state index is 0.228. The van der Waals surface area contributed by atoms with Crippen molar-refractivity contribution in [3.63, 3.8) is 0 Å². The highest BCUT2D eigenvalue weighted by molar-refractivity contribution is 6.31. The Morgan fingerprint density at radius 1 is 1.07 bits per heavy atom. The van der Waals surface area contributed by atoms with Gasteiger partial charge in [0.1, 0.15) is 5.75 Å². The van der Waals surface area contributed by atoms with Crippen LogP contribution in [0.4, 0.5) is 5.69 Å². The summed E-state index contributed by atoms with van der Waals surface area (Å²) in [5, 5.41) is 7.27. The number of methoxy groups -OCH3 is 1. The summed E-state index contributed by atoms with van der Waals surface area (Å²) >= 11 is 5.95. The number of furan rings is 1. The van der Waals surface area contributed by atoms with Gasteiger partial charge < -0.3 is 14.5 Å². The van der Waals surface area contributed by atoms with Gasteiger partial charge in [0.25, 0.3) is 11.8 Å². The highest BCUT2D eigenvalue weighted by Crippen LogP contribution is 2.22. The Bertz CT molecular complexity index is 1040. The Morgan fingerprint density at radius 3 is 2.48 bits per heavy atom. The third kappa shape index (κ3) is 5.03. The molecule has 0 bridgehead atoms. The van der Waals surface area contributed by atoms with Crippen molar-refractivity contribution in [2.45, 2.75) is 6.92 Å². The molecule has 0 saturated carbocycles. The summed E-state index contributed by atoms with van der Waals surface area (Å²) in [6.07, 6.45) is 1.44. The van der Waals surface area contributed by atoms with Gasteiger partial charge in [-0.1, -0.05) is 23.7 Å². The molecule has 0 unspecified atom stereocenters. The van der Waals surface area contributed by atoms with Crippen LogP contribution < -0.4 is 15.5 Å². The molecule has 0 aliphatic carbocycles. The van der Waals surface area contributed by atoms with Crippen LogP contribution in [0.15, 0.2) is 70.4 Å². The van der Waals surface area contributed by atoms with E-state index in [9.17, 15) is 9.59 Å². The first-order valence-corrected chi connectivity index (χ1v) is 8.99. The Balaban J connectivity index is 1.66. The lowest BCUT2D eigenvalue weighted by Crippen LogP contribution is -2.20. The number of halogens is 1. The molecule has 0 aliphatic rings. The molecule has 2 amide bonds. The van der Waals surface area contributed by atoms with Gasteiger partial charge in [-0.05, 0) is 55.0 Å². The van der Waals surface area contributed by atoms with Gasteiger partial charge in [0.15, 0.2) is 5.76 Å². The molecule has 7 nitrogen and oxygen atoms in total. The summed E-state index contributed by atoms with van der Waals surface area (Å²) in [6.45, 7) is 1.76. The minimum Gasteiger partial charge on any atom is -0.496 e. The van der Waals surface area contributed by atoms with Gasteiger partial charge >= 0.3 is 0 Å². The van der Waals surface area contributed by atoms with E-state index < -0.39 is 5.91 Å². The second kappa shape index (κ2) is 9.07. The first-order valence-electron chi connectivity index (χ1n) is 8.61. The van der Waals surface area contributed by atoms with Crippen LogP contribution in [-0.2, 0) is 0 Å². The van der Waals surface area contributed by atoms with E-state index in [4.69, 9.17) is 20.8 Å². The maximum Gasteiger partial charge on any atom is 0.291 e. The summed E-state index contributed by atoms with van der Waals surface area (Å²) in [4.78, 5) is 24.4. The topological polar surface area (TPSA) is 92.9 Å². The number of nitrogens with zero attached hydrogens (tertiary/aromatic N) is 1. The van der Waals surface area contributed by atoms with Crippen LogP contribution in [-0.4, -0.2) is 24.6 Å². The number of benzene rings is 2. The molecule has 0 spiro atoms. The molecule has 1 aromatic heterocycles. The molecule has 0 atom stereocenters. The molecule has 3 rings (SSSR count). The van der Waals surface area contributed by atoms with Crippen LogP contribution in [0.2, 0.25) is 5.02 Å². The molecular weight excluding hydrogens is 394 g/mol. The molecule has 0 saturated heterocycles. The number of hydrazone groups is 1. The van der Waals surface area contributed by atoms with Crippen molar-refractivity contribution in [3.05, 3.63) is 82.8 Å². The summed E-state index contributed by atoms with van der Waals surface area (Å²) in [5.41, 5.74) is 4.75. The van der Waals surface area contributed by atoms with Crippen LogP contribution in [0.5, 0.6) is 5.75 Å². The average molecular weight is 412 g/mol. The van der Waals surface area contributed by atoms with E-state index in [1.165, 1.54) is 19.4 Å². The lowest BCUT2D eigenvalue weighted by Gasteiger charge is -2.08. The first-order chi connectivity index (χ1) is 14.0. The maximum atomic E-state index is 12.4. The van der Waals surface area contributed by atoms with E-state index in [2.05, 4.69) is 15.8 Å². The fraction of sp³-hybridized carbons (Fsp3) is 0.0952. The van der Waals surface area contributed by atoms with E-state index in [0.717, 1.165) is 5.56 Å². The van der Waals surface area contributed by atoms with Crippen LogP contribution in [0.25, 0.3) is 0 Å². The summed E-state index contributed by atoms with van der Waals surface area (Å²) in [7, 11) is 1.47. The first kappa shape index (κ1) is 20.2. The van der Waals surface area contributed by atoms with Crippen molar-refractivity contribution in [1.29, 1.82) is 0 Å². The summed E-state index contributed by atoms with van der Waals surface area (Å²) < 4.78 is 10.2. The normalized spacial score (nSPS) is 11.1. The number of hydrogen-bond donors (Lipinski definition) is 2. The van der Waals surface area contributed by atoms with Gasteiger partial charge in [0, 0.05) is 10.7 Å². The number of rotatable bonds is 6. The third-order valence-electron chi connectivity index (χ3n) is 4.04. The Labute approximate surface area is 172 Å². The second-order valence-electron chi connectivity index (χ2n) is 5.99. The Hall–Kier alpha value is -3.58. The van der Waals surface area contributed by atoms with Crippen molar-refractivity contribution in [1.82, 2.24) is 5.43 Å². The highest BCUT2D eigenvalue weighted by Gasteiger charge is 2.13. The molecule has 2 aromatic carbocycles. The number of carbonyl (C=O) groups excluding carboxylic acids is 2. The number of ether oxygens (including phenoxy) is 1. The van der Waals surface area contributed by atoms with Gasteiger partial charge in [-0.2, -0.15) is 5.10 Å². The van der Waals surface area contributed by atoms with Gasteiger partial charge in [-0.3, -0.25) is 9.59 Å². The molecule has 148 valence electrons. The molecule has 29 heavy (non-hydrogen) atoms. The van der Waals surface area contributed by atoms with Crippen molar-refractivity contribution < 1.29 is 18.7 Å². The fourth-order valence-electron chi connectivity index (χ4n) is 2.51. The summed E-state index contributed by atoms with van der Waals surface area (Å²) in [5.74, 6) is -0.149. The van der Waals surface area contributed by atoms with Crippen LogP contribution in [0.3, 0.4) is 0 Å². The van der Waals surface area contributed by atoms with E-state index in [1.807, 2.05) is 0 Å². The monoisotopic (exact) mass is 411 g/mol. The van der Waals surface area contributed by atoms with Gasteiger partial charge in [0.05, 0.1) is 24.6 Å². The molecule has 2 N–H and O–H groups in total. The van der Waals surface area contributed by atoms with Gasteiger partial charge in [-0.25, -0.2) is 5.43 Å². The number of hydrogen-bond acceptors (Lipinski definition) is 5. The number of nitrogens with one attached hydrogen (secondary N) is 2. The molecule has 0 aliphatic heterocycles. The molecule has 0 fully saturated rings. The molecule has 1 heterocycles. The quantitative estimate of drug-likeness (QED) is 0.466. The maximum absolute atomic E-state index is 12.4. The SMILES string of the molecule is COc1ccc(Cl)cc1C(=O)N/N=C(\C)c1ccc(NC(=O)c2ccco2)cc1. The third-order valence-corrected chi connectivity index (χ3v) is 4.27. The molecular formula is C21H18ClN3O4. The van der Waals surface area contributed by atoms with E-state index in [1.54, 1.807) is 55.5 Å². The predicted octanol–water partition coefficient (Wildman–Crippen LogP) is 4.35. The van der Waals surface area contributed by atoms with Crippen LogP contribution in [0, 0.1) is 0 Å². The molecule has 3 aromatic rings. The average Bonchev–Trinajstić information content (AvgIpc) is 3.27. The zero-order valence-electron chi connectivity index (χ0n) is 15.7. The van der Waals surface area contributed by atoms with Crippen molar-refractivity contribution in [2.75, 3.05) is 12.4 Å². The van der Waals surface area contributed by atoms with Crippen LogP contribution in [0.1, 0.15) is 33.4 Å². The highest BCUT2D eigenvalue weighted by atomic mass is 35.5. The fourth-order valence-corrected chi connectivity index (χ4v) is 2.68. The van der Waals surface area contributed by atoms with Gasteiger partial charge in [-0.15, -0.1) is 0 Å². The number of anilines is 1. The van der Waals surface area contributed by atoms with Crippen molar-refractivity contribution >= 4 is 34.8 Å². The zero-order valence-corrected chi connectivity index (χ0v) is 16.5. The largest absolute Gasteiger partial charge is 0.496 e. The predicted molar refractivity (Wildman–Crippen MR) is 111 cm³/mol.